The van der Waals surface area contributed by atoms with Crippen LogP contribution in [0.3, 0.4) is 0 Å². The lowest BCUT2D eigenvalue weighted by atomic mass is 9.94. The summed E-state index contributed by atoms with van der Waals surface area (Å²) in [6, 6.07) is 15.7. The summed E-state index contributed by atoms with van der Waals surface area (Å²) in [5, 5.41) is 0. The molecule has 0 aliphatic carbocycles. The van der Waals surface area contributed by atoms with Gasteiger partial charge in [-0.3, -0.25) is 0 Å². The van der Waals surface area contributed by atoms with Gasteiger partial charge in [-0.1, -0.05) is 24.3 Å². The van der Waals surface area contributed by atoms with Crippen molar-refractivity contribution in [1.29, 1.82) is 0 Å². The Morgan fingerprint density at radius 1 is 0.810 bits per heavy atom. The van der Waals surface area contributed by atoms with Crippen molar-refractivity contribution in [1.82, 2.24) is 0 Å². The van der Waals surface area contributed by atoms with Gasteiger partial charge >= 0.3 is 0 Å². The maximum Gasteiger partial charge on any atom is 0.123 e. The van der Waals surface area contributed by atoms with Crippen molar-refractivity contribution in [2.45, 2.75) is 12.8 Å². The highest BCUT2D eigenvalue weighted by Gasteiger charge is 2.10. The van der Waals surface area contributed by atoms with Crippen molar-refractivity contribution in [3.63, 3.8) is 0 Å². The zero-order chi connectivity index (χ0) is 15.1. The standard InChI is InChI=1S/C18H20O3/c1-20-17-7-3-14(4-8-17)11-16(13-19)12-15-5-9-18(21-2)10-6-15/h3-10,13,16H,11-12H2,1-2H3. The van der Waals surface area contributed by atoms with Gasteiger partial charge in [0.15, 0.2) is 0 Å². The average Bonchev–Trinajstić information content (AvgIpc) is 2.55. The number of aldehydes is 1. The molecule has 0 aliphatic heterocycles. The molecule has 0 radical (unpaired) electrons. The molecule has 2 aromatic carbocycles. The van der Waals surface area contributed by atoms with Gasteiger partial charge in [-0.2, -0.15) is 0 Å². The van der Waals surface area contributed by atoms with E-state index in [2.05, 4.69) is 0 Å². The van der Waals surface area contributed by atoms with Crippen LogP contribution < -0.4 is 9.47 Å². The van der Waals surface area contributed by atoms with E-state index in [1.807, 2.05) is 48.5 Å². The van der Waals surface area contributed by atoms with Crippen molar-refractivity contribution in [3.8, 4) is 11.5 Å². The summed E-state index contributed by atoms with van der Waals surface area (Å²) in [4.78, 5) is 11.3. The Morgan fingerprint density at radius 3 is 1.48 bits per heavy atom. The largest absolute Gasteiger partial charge is 0.497 e. The summed E-state index contributed by atoms with van der Waals surface area (Å²) in [5.74, 6) is 1.64. The Labute approximate surface area is 125 Å². The molecule has 0 aromatic heterocycles. The number of ether oxygens (including phenoxy) is 2. The fourth-order valence-corrected chi connectivity index (χ4v) is 2.30. The van der Waals surface area contributed by atoms with Gasteiger partial charge in [0.1, 0.15) is 17.8 Å². The van der Waals surface area contributed by atoms with Crippen LogP contribution in [0.1, 0.15) is 11.1 Å². The Hall–Kier alpha value is -2.29. The molecule has 3 nitrogen and oxygen atoms in total. The molecule has 0 fully saturated rings. The molecule has 3 heteroatoms. The van der Waals surface area contributed by atoms with Crippen LogP contribution in [0.5, 0.6) is 11.5 Å². The number of hydrogen-bond donors (Lipinski definition) is 0. The first kappa shape index (κ1) is 15.1. The van der Waals surface area contributed by atoms with Gasteiger partial charge in [-0.25, -0.2) is 0 Å². The van der Waals surface area contributed by atoms with Gasteiger partial charge in [0.05, 0.1) is 14.2 Å². The van der Waals surface area contributed by atoms with Crippen molar-refractivity contribution in [2.75, 3.05) is 14.2 Å². The van der Waals surface area contributed by atoms with Crippen LogP contribution in [0.25, 0.3) is 0 Å². The number of methoxy groups -OCH3 is 2. The Morgan fingerprint density at radius 2 is 1.19 bits per heavy atom. The van der Waals surface area contributed by atoms with Gasteiger partial charge in [0.25, 0.3) is 0 Å². The fraction of sp³-hybridized carbons (Fsp3) is 0.278. The summed E-state index contributed by atoms with van der Waals surface area (Å²) < 4.78 is 10.3. The molecule has 0 bridgehead atoms. The van der Waals surface area contributed by atoms with Crippen LogP contribution in [0.15, 0.2) is 48.5 Å². The first-order chi connectivity index (χ1) is 10.2. The van der Waals surface area contributed by atoms with Crippen molar-refractivity contribution in [3.05, 3.63) is 59.7 Å². The van der Waals surface area contributed by atoms with Crippen LogP contribution in [0.2, 0.25) is 0 Å². The molecule has 110 valence electrons. The van der Waals surface area contributed by atoms with Gasteiger partial charge in [0.2, 0.25) is 0 Å². The molecule has 0 amide bonds. The second-order valence-electron chi connectivity index (χ2n) is 5.00. The molecule has 0 heterocycles. The number of carbonyl (C=O) groups is 1. The van der Waals surface area contributed by atoms with E-state index in [0.29, 0.717) is 0 Å². The van der Waals surface area contributed by atoms with E-state index in [-0.39, 0.29) is 5.92 Å². The third kappa shape index (κ3) is 4.35. The Balaban J connectivity index is 1.99. The predicted octanol–water partition coefficient (Wildman–Crippen LogP) is 3.30. The van der Waals surface area contributed by atoms with E-state index >= 15 is 0 Å². The summed E-state index contributed by atoms with van der Waals surface area (Å²) in [6.45, 7) is 0. The van der Waals surface area contributed by atoms with Crippen molar-refractivity contribution in [2.24, 2.45) is 5.92 Å². The molecule has 0 N–H and O–H groups in total. The van der Waals surface area contributed by atoms with E-state index < -0.39 is 0 Å². The minimum absolute atomic E-state index is 0.0215. The lowest BCUT2D eigenvalue weighted by molar-refractivity contribution is -0.111. The number of benzene rings is 2. The first-order valence-corrected chi connectivity index (χ1v) is 6.96. The normalized spacial score (nSPS) is 10.4. The van der Waals surface area contributed by atoms with Gasteiger partial charge in [-0.05, 0) is 48.2 Å². The van der Waals surface area contributed by atoms with E-state index in [0.717, 1.165) is 41.8 Å². The molecule has 0 aliphatic rings. The molecule has 0 saturated carbocycles. The predicted molar refractivity (Wildman–Crippen MR) is 83.0 cm³/mol. The molecular weight excluding hydrogens is 264 g/mol. The van der Waals surface area contributed by atoms with Crippen molar-refractivity contribution < 1.29 is 14.3 Å². The lowest BCUT2D eigenvalue weighted by Crippen LogP contribution is -2.09. The minimum atomic E-state index is -0.0215. The number of rotatable bonds is 7. The maximum absolute atomic E-state index is 11.3. The zero-order valence-electron chi connectivity index (χ0n) is 12.4. The smallest absolute Gasteiger partial charge is 0.123 e. The molecule has 0 unspecified atom stereocenters. The van der Waals surface area contributed by atoms with Crippen LogP contribution in [-0.2, 0) is 17.6 Å². The van der Waals surface area contributed by atoms with Crippen LogP contribution in [0, 0.1) is 5.92 Å². The SMILES string of the molecule is COc1ccc(CC(C=O)Cc2ccc(OC)cc2)cc1. The maximum atomic E-state index is 11.3. The third-order valence-electron chi connectivity index (χ3n) is 3.51. The highest BCUT2D eigenvalue weighted by atomic mass is 16.5. The second-order valence-corrected chi connectivity index (χ2v) is 5.00. The Kier molecular flexibility index (Phi) is 5.38. The van der Waals surface area contributed by atoms with E-state index in [9.17, 15) is 4.79 Å². The van der Waals surface area contributed by atoms with Gasteiger partial charge < -0.3 is 14.3 Å². The molecule has 2 rings (SSSR count). The van der Waals surface area contributed by atoms with Crippen LogP contribution in [0.4, 0.5) is 0 Å². The first-order valence-electron chi connectivity index (χ1n) is 6.96. The van der Waals surface area contributed by atoms with E-state index in [4.69, 9.17) is 9.47 Å². The van der Waals surface area contributed by atoms with E-state index in [1.165, 1.54) is 0 Å². The lowest BCUT2D eigenvalue weighted by Gasteiger charge is -2.11. The summed E-state index contributed by atoms with van der Waals surface area (Å²) >= 11 is 0. The average molecular weight is 284 g/mol. The molecule has 0 spiro atoms. The van der Waals surface area contributed by atoms with Crippen LogP contribution >= 0.6 is 0 Å². The molecule has 0 atom stereocenters. The summed E-state index contributed by atoms with van der Waals surface area (Å²) in [6.07, 6.45) is 2.51. The molecule has 0 saturated heterocycles. The highest BCUT2D eigenvalue weighted by Crippen LogP contribution is 2.18. The monoisotopic (exact) mass is 284 g/mol. The number of hydrogen-bond acceptors (Lipinski definition) is 3. The summed E-state index contributed by atoms with van der Waals surface area (Å²) in [7, 11) is 3.29. The Bertz CT molecular complexity index is 509. The van der Waals surface area contributed by atoms with E-state index in [1.54, 1.807) is 14.2 Å². The minimum Gasteiger partial charge on any atom is -0.497 e. The second kappa shape index (κ2) is 7.48. The fourth-order valence-electron chi connectivity index (χ4n) is 2.30. The number of carbonyl (C=O) groups excluding carboxylic acids is 1. The molecule has 21 heavy (non-hydrogen) atoms. The quantitative estimate of drug-likeness (QED) is 0.732. The zero-order valence-corrected chi connectivity index (χ0v) is 12.4. The molecule has 2 aromatic rings. The van der Waals surface area contributed by atoms with Gasteiger partial charge in [-0.15, -0.1) is 0 Å². The van der Waals surface area contributed by atoms with Crippen LogP contribution in [-0.4, -0.2) is 20.5 Å². The van der Waals surface area contributed by atoms with Crippen molar-refractivity contribution >= 4 is 6.29 Å². The highest BCUT2D eigenvalue weighted by molar-refractivity contribution is 5.55. The molecular formula is C18H20O3. The van der Waals surface area contributed by atoms with Gasteiger partial charge in [0, 0.05) is 5.92 Å². The summed E-state index contributed by atoms with van der Waals surface area (Å²) in [5.41, 5.74) is 2.28. The topological polar surface area (TPSA) is 35.5 Å². The third-order valence-corrected chi connectivity index (χ3v) is 3.51.